The summed E-state index contributed by atoms with van der Waals surface area (Å²) in [5.74, 6) is -0.400. The highest BCUT2D eigenvalue weighted by molar-refractivity contribution is 5.94. The van der Waals surface area contributed by atoms with Crippen LogP contribution >= 0.6 is 0 Å². The summed E-state index contributed by atoms with van der Waals surface area (Å²) in [5.41, 5.74) is -0.660. The van der Waals surface area contributed by atoms with Crippen molar-refractivity contribution in [1.29, 1.82) is 0 Å². The van der Waals surface area contributed by atoms with E-state index in [0.717, 1.165) is 24.3 Å². The van der Waals surface area contributed by atoms with Gasteiger partial charge in [-0.25, -0.2) is 4.79 Å². The number of nitrogens with zero attached hydrogens (tertiary/aromatic N) is 2. The molecule has 1 N–H and O–H groups in total. The number of rotatable bonds is 1. The van der Waals surface area contributed by atoms with E-state index in [1.165, 1.54) is 9.80 Å². The van der Waals surface area contributed by atoms with Gasteiger partial charge in [0.15, 0.2) is 0 Å². The predicted molar refractivity (Wildman–Crippen MR) is 76.1 cm³/mol. The topological polar surface area (TPSA) is 60.9 Å². The van der Waals surface area contributed by atoms with E-state index in [4.69, 9.17) is 5.11 Å². The van der Waals surface area contributed by atoms with Crippen molar-refractivity contribution in [2.45, 2.75) is 32.1 Å². The Morgan fingerprint density at radius 2 is 1.52 bits per heavy atom. The Kier molecular flexibility index (Phi) is 4.53. The van der Waals surface area contributed by atoms with Crippen molar-refractivity contribution in [1.82, 2.24) is 9.80 Å². The smallest absolute Gasteiger partial charge is 0.416 e. The summed E-state index contributed by atoms with van der Waals surface area (Å²) >= 11 is 0. The molecule has 0 spiro atoms. The first-order valence-corrected chi connectivity index (χ1v) is 7.09. The van der Waals surface area contributed by atoms with Crippen LogP contribution < -0.4 is 0 Å². The Hall–Kier alpha value is -2.25. The molecular formula is C15H17F3N2O3. The summed E-state index contributed by atoms with van der Waals surface area (Å²) in [7, 11) is 0. The highest BCUT2D eigenvalue weighted by Crippen LogP contribution is 2.29. The maximum Gasteiger partial charge on any atom is 0.416 e. The summed E-state index contributed by atoms with van der Waals surface area (Å²) in [6.45, 7) is 3.77. The van der Waals surface area contributed by atoms with E-state index in [1.807, 2.05) is 0 Å². The van der Waals surface area contributed by atoms with E-state index in [1.54, 1.807) is 13.8 Å². The van der Waals surface area contributed by atoms with E-state index >= 15 is 0 Å². The molecule has 0 bridgehead atoms. The molecule has 1 aliphatic heterocycles. The molecule has 2 amide bonds. The molecule has 0 radical (unpaired) electrons. The van der Waals surface area contributed by atoms with Crippen LogP contribution in [0.1, 0.15) is 29.8 Å². The normalized spacial score (nSPS) is 22.1. The van der Waals surface area contributed by atoms with Gasteiger partial charge in [0.2, 0.25) is 0 Å². The molecule has 1 heterocycles. The number of halogens is 3. The fourth-order valence-electron chi connectivity index (χ4n) is 2.64. The van der Waals surface area contributed by atoms with Crippen molar-refractivity contribution in [3.8, 4) is 0 Å². The second-order valence-corrected chi connectivity index (χ2v) is 5.67. The molecule has 1 fully saturated rings. The van der Waals surface area contributed by atoms with Gasteiger partial charge in [-0.05, 0) is 38.1 Å². The minimum Gasteiger partial charge on any atom is -0.465 e. The van der Waals surface area contributed by atoms with Crippen LogP contribution in [0.4, 0.5) is 18.0 Å². The predicted octanol–water partition coefficient (Wildman–Crippen LogP) is 2.92. The quantitative estimate of drug-likeness (QED) is 0.861. The van der Waals surface area contributed by atoms with Crippen LogP contribution in [-0.4, -0.2) is 52.1 Å². The second-order valence-electron chi connectivity index (χ2n) is 5.67. The maximum atomic E-state index is 12.6. The second kappa shape index (κ2) is 6.10. The lowest BCUT2D eigenvalue weighted by Crippen LogP contribution is -2.59. The molecule has 8 heteroatoms. The van der Waals surface area contributed by atoms with Gasteiger partial charge in [0.25, 0.3) is 5.91 Å². The van der Waals surface area contributed by atoms with Gasteiger partial charge in [-0.15, -0.1) is 0 Å². The van der Waals surface area contributed by atoms with Crippen molar-refractivity contribution in [3.05, 3.63) is 35.4 Å². The van der Waals surface area contributed by atoms with E-state index < -0.39 is 23.7 Å². The summed E-state index contributed by atoms with van der Waals surface area (Å²) in [5, 5.41) is 9.09. The van der Waals surface area contributed by atoms with E-state index in [0.29, 0.717) is 0 Å². The summed E-state index contributed by atoms with van der Waals surface area (Å²) in [6, 6.07) is 3.31. The van der Waals surface area contributed by atoms with Gasteiger partial charge < -0.3 is 14.9 Å². The zero-order chi connectivity index (χ0) is 17.4. The molecule has 1 aromatic rings. The fourth-order valence-corrected chi connectivity index (χ4v) is 2.64. The van der Waals surface area contributed by atoms with Crippen LogP contribution in [0.2, 0.25) is 0 Å². The number of carbonyl (C=O) groups excluding carboxylic acids is 1. The molecule has 0 aliphatic carbocycles. The molecule has 1 saturated heterocycles. The van der Waals surface area contributed by atoms with E-state index in [9.17, 15) is 22.8 Å². The third-order valence-electron chi connectivity index (χ3n) is 3.95. The molecule has 126 valence electrons. The van der Waals surface area contributed by atoms with Gasteiger partial charge in [0, 0.05) is 30.7 Å². The third kappa shape index (κ3) is 3.57. The Morgan fingerprint density at radius 1 is 1.04 bits per heavy atom. The maximum absolute atomic E-state index is 12.6. The number of hydrogen-bond acceptors (Lipinski definition) is 2. The fraction of sp³-hybridized carbons (Fsp3) is 0.467. The molecule has 23 heavy (non-hydrogen) atoms. The standard InChI is InChI=1S/C15H17F3N2O3/c1-9-8-20(14(22)23)10(2)7-19(9)13(21)11-3-5-12(6-4-11)15(16,17)18/h3-6,9-10H,7-8H2,1-2H3,(H,22,23)/t9-,10+/m1/s1. The lowest BCUT2D eigenvalue weighted by atomic mass is 10.1. The minimum absolute atomic E-state index is 0.154. The number of amides is 2. The van der Waals surface area contributed by atoms with Crippen LogP contribution in [0.15, 0.2) is 24.3 Å². The molecule has 0 unspecified atom stereocenters. The van der Waals surface area contributed by atoms with Crippen LogP contribution in [0.3, 0.4) is 0 Å². The molecular weight excluding hydrogens is 313 g/mol. The largest absolute Gasteiger partial charge is 0.465 e. The average Bonchev–Trinajstić information content (AvgIpc) is 2.47. The third-order valence-corrected chi connectivity index (χ3v) is 3.95. The highest BCUT2D eigenvalue weighted by atomic mass is 19.4. The zero-order valence-electron chi connectivity index (χ0n) is 12.7. The van der Waals surface area contributed by atoms with Gasteiger partial charge >= 0.3 is 12.3 Å². The summed E-state index contributed by atoms with van der Waals surface area (Å²) in [6.07, 6.45) is -5.50. The van der Waals surface area contributed by atoms with Gasteiger partial charge in [-0.3, -0.25) is 4.79 Å². The molecule has 5 nitrogen and oxygen atoms in total. The number of carbonyl (C=O) groups is 2. The Bertz CT molecular complexity index is 601. The number of carboxylic acid groups (broad SMARTS) is 1. The van der Waals surface area contributed by atoms with Crippen molar-refractivity contribution in [2.24, 2.45) is 0 Å². The first-order valence-electron chi connectivity index (χ1n) is 7.09. The summed E-state index contributed by atoms with van der Waals surface area (Å²) in [4.78, 5) is 26.3. The van der Waals surface area contributed by atoms with Crippen molar-refractivity contribution in [2.75, 3.05) is 13.1 Å². The SMILES string of the molecule is C[C@@H]1CN(C(=O)O)[C@@H](C)CN1C(=O)c1ccc(C(F)(F)F)cc1. The number of hydrogen-bond donors (Lipinski definition) is 1. The number of piperazine rings is 1. The Morgan fingerprint density at radius 3 is 2.00 bits per heavy atom. The Labute approximate surface area is 131 Å². The highest BCUT2D eigenvalue weighted by Gasteiger charge is 2.35. The average molecular weight is 330 g/mol. The van der Waals surface area contributed by atoms with Crippen LogP contribution in [0.25, 0.3) is 0 Å². The molecule has 0 saturated carbocycles. The van der Waals surface area contributed by atoms with Crippen LogP contribution in [0, 0.1) is 0 Å². The molecule has 1 aliphatic rings. The van der Waals surface area contributed by atoms with Crippen LogP contribution in [0.5, 0.6) is 0 Å². The van der Waals surface area contributed by atoms with Crippen molar-refractivity contribution < 1.29 is 27.9 Å². The van der Waals surface area contributed by atoms with Crippen molar-refractivity contribution in [3.63, 3.8) is 0 Å². The number of alkyl halides is 3. The lowest BCUT2D eigenvalue weighted by molar-refractivity contribution is -0.137. The van der Waals surface area contributed by atoms with Gasteiger partial charge in [0.05, 0.1) is 5.56 Å². The molecule has 2 rings (SSSR count). The number of benzene rings is 1. The lowest BCUT2D eigenvalue weighted by Gasteiger charge is -2.42. The zero-order valence-corrected chi connectivity index (χ0v) is 12.7. The van der Waals surface area contributed by atoms with Crippen molar-refractivity contribution >= 4 is 12.0 Å². The molecule has 0 aromatic heterocycles. The van der Waals surface area contributed by atoms with E-state index in [2.05, 4.69) is 0 Å². The Balaban J connectivity index is 2.16. The van der Waals surface area contributed by atoms with Gasteiger partial charge in [0.1, 0.15) is 0 Å². The van der Waals surface area contributed by atoms with Gasteiger partial charge in [-0.2, -0.15) is 13.2 Å². The molecule has 2 atom stereocenters. The monoisotopic (exact) mass is 330 g/mol. The molecule has 1 aromatic carbocycles. The minimum atomic E-state index is -4.45. The van der Waals surface area contributed by atoms with Crippen LogP contribution in [-0.2, 0) is 6.18 Å². The summed E-state index contributed by atoms with van der Waals surface area (Å²) < 4.78 is 37.7. The van der Waals surface area contributed by atoms with Gasteiger partial charge in [-0.1, -0.05) is 0 Å². The van der Waals surface area contributed by atoms with E-state index in [-0.39, 0.29) is 30.7 Å². The first-order chi connectivity index (χ1) is 10.6. The first kappa shape index (κ1) is 17.1.